The highest BCUT2D eigenvalue weighted by Gasteiger charge is 2.09. The third-order valence-corrected chi connectivity index (χ3v) is 2.85. The van der Waals surface area contributed by atoms with Crippen molar-refractivity contribution in [1.29, 1.82) is 0 Å². The summed E-state index contributed by atoms with van der Waals surface area (Å²) in [6.07, 6.45) is 0. The summed E-state index contributed by atoms with van der Waals surface area (Å²) in [5.74, 6) is -2.34. The molecule has 0 aliphatic rings. The van der Waals surface area contributed by atoms with Crippen molar-refractivity contribution >= 4 is 17.6 Å². The molecule has 1 N–H and O–H groups in total. The Morgan fingerprint density at radius 2 is 1.78 bits per heavy atom. The van der Waals surface area contributed by atoms with Crippen LogP contribution in [0.25, 0.3) is 0 Å². The van der Waals surface area contributed by atoms with Gasteiger partial charge in [-0.05, 0) is 36.4 Å². The number of carbonyl (C=O) groups is 2. The molecule has 0 spiro atoms. The SMILES string of the molecule is COC(=O)c1ccc(OCC(=O)Nc2ccc(F)cc2F)cc1. The molecule has 0 saturated heterocycles. The van der Waals surface area contributed by atoms with E-state index in [1.165, 1.54) is 31.4 Å². The Hall–Kier alpha value is -2.96. The molecule has 0 bridgehead atoms. The van der Waals surface area contributed by atoms with E-state index in [1.807, 2.05) is 0 Å². The van der Waals surface area contributed by atoms with E-state index < -0.39 is 23.5 Å². The molecular weight excluding hydrogens is 308 g/mol. The number of rotatable bonds is 5. The molecule has 0 unspecified atom stereocenters. The largest absolute Gasteiger partial charge is 0.484 e. The van der Waals surface area contributed by atoms with Crippen molar-refractivity contribution in [1.82, 2.24) is 0 Å². The second-order valence-electron chi connectivity index (χ2n) is 4.48. The number of amides is 1. The van der Waals surface area contributed by atoms with Gasteiger partial charge >= 0.3 is 5.97 Å². The van der Waals surface area contributed by atoms with Crippen molar-refractivity contribution in [2.24, 2.45) is 0 Å². The fraction of sp³-hybridized carbons (Fsp3) is 0.125. The number of ether oxygens (including phenoxy) is 2. The van der Waals surface area contributed by atoms with Gasteiger partial charge in [0.25, 0.3) is 5.91 Å². The number of nitrogens with one attached hydrogen (secondary N) is 1. The molecule has 5 nitrogen and oxygen atoms in total. The predicted octanol–water partition coefficient (Wildman–Crippen LogP) is 2.77. The van der Waals surface area contributed by atoms with Crippen LogP contribution in [-0.2, 0) is 9.53 Å². The summed E-state index contributed by atoms with van der Waals surface area (Å²) >= 11 is 0. The molecule has 0 aliphatic heterocycles. The number of hydrogen-bond donors (Lipinski definition) is 1. The molecular formula is C16H13F2NO4. The minimum Gasteiger partial charge on any atom is -0.484 e. The van der Waals surface area contributed by atoms with Gasteiger partial charge < -0.3 is 14.8 Å². The second-order valence-corrected chi connectivity index (χ2v) is 4.48. The van der Waals surface area contributed by atoms with E-state index in [1.54, 1.807) is 0 Å². The molecule has 23 heavy (non-hydrogen) atoms. The van der Waals surface area contributed by atoms with Gasteiger partial charge in [0.05, 0.1) is 18.4 Å². The zero-order chi connectivity index (χ0) is 16.8. The number of anilines is 1. The van der Waals surface area contributed by atoms with E-state index in [4.69, 9.17) is 4.74 Å². The van der Waals surface area contributed by atoms with Crippen LogP contribution in [0.4, 0.5) is 14.5 Å². The summed E-state index contributed by atoms with van der Waals surface area (Å²) in [4.78, 5) is 22.9. The third kappa shape index (κ3) is 4.50. The summed E-state index contributed by atoms with van der Waals surface area (Å²) in [5, 5.41) is 2.27. The highest BCUT2D eigenvalue weighted by atomic mass is 19.1. The summed E-state index contributed by atoms with van der Waals surface area (Å²) in [6.45, 7) is -0.367. The van der Waals surface area contributed by atoms with Gasteiger partial charge in [-0.15, -0.1) is 0 Å². The quantitative estimate of drug-likeness (QED) is 0.860. The number of carbonyl (C=O) groups excluding carboxylic acids is 2. The van der Waals surface area contributed by atoms with Gasteiger partial charge in [-0.1, -0.05) is 0 Å². The van der Waals surface area contributed by atoms with Crippen LogP contribution >= 0.6 is 0 Å². The molecule has 2 aromatic rings. The molecule has 2 rings (SSSR count). The molecule has 7 heteroatoms. The smallest absolute Gasteiger partial charge is 0.337 e. The van der Waals surface area contributed by atoms with Crippen molar-refractivity contribution in [2.75, 3.05) is 19.0 Å². The first kappa shape index (κ1) is 16.4. The molecule has 0 aromatic heterocycles. The van der Waals surface area contributed by atoms with Crippen LogP contribution < -0.4 is 10.1 Å². The van der Waals surface area contributed by atoms with E-state index in [2.05, 4.69) is 10.1 Å². The van der Waals surface area contributed by atoms with Crippen molar-refractivity contribution < 1.29 is 27.8 Å². The Bertz CT molecular complexity index is 717. The van der Waals surface area contributed by atoms with Gasteiger partial charge in [0, 0.05) is 6.07 Å². The van der Waals surface area contributed by atoms with Crippen LogP contribution in [-0.4, -0.2) is 25.6 Å². The number of esters is 1. The maximum Gasteiger partial charge on any atom is 0.337 e. The van der Waals surface area contributed by atoms with Crippen LogP contribution in [0.5, 0.6) is 5.75 Å². The van der Waals surface area contributed by atoms with Gasteiger partial charge in [-0.3, -0.25) is 4.79 Å². The van der Waals surface area contributed by atoms with Crippen molar-refractivity contribution in [3.63, 3.8) is 0 Å². The first-order valence-electron chi connectivity index (χ1n) is 6.55. The number of methoxy groups -OCH3 is 1. The van der Waals surface area contributed by atoms with E-state index in [0.717, 1.165) is 12.1 Å². The van der Waals surface area contributed by atoms with Crippen molar-refractivity contribution in [3.8, 4) is 5.75 Å². The predicted molar refractivity (Wildman–Crippen MR) is 78.3 cm³/mol. The standard InChI is InChI=1S/C16H13F2NO4/c1-22-16(21)10-2-5-12(6-3-10)23-9-15(20)19-14-7-4-11(17)8-13(14)18/h2-8H,9H2,1H3,(H,19,20). The molecule has 0 atom stereocenters. The number of hydrogen-bond acceptors (Lipinski definition) is 4. The summed E-state index contributed by atoms with van der Waals surface area (Å²) in [6, 6.07) is 8.79. The van der Waals surface area contributed by atoms with Crippen molar-refractivity contribution in [3.05, 3.63) is 59.7 Å². The Balaban J connectivity index is 1.90. The topological polar surface area (TPSA) is 64.6 Å². The summed E-state index contributed by atoms with van der Waals surface area (Å²) < 4.78 is 35.9. The van der Waals surface area contributed by atoms with Gasteiger partial charge in [0.1, 0.15) is 17.4 Å². The van der Waals surface area contributed by atoms with Crippen LogP contribution in [0.15, 0.2) is 42.5 Å². The van der Waals surface area contributed by atoms with Crippen LogP contribution in [0.3, 0.4) is 0 Å². The fourth-order valence-corrected chi connectivity index (χ4v) is 1.73. The van der Waals surface area contributed by atoms with Crippen LogP contribution in [0.2, 0.25) is 0 Å². The van der Waals surface area contributed by atoms with Gasteiger partial charge in [0.15, 0.2) is 6.61 Å². The van der Waals surface area contributed by atoms with E-state index in [9.17, 15) is 18.4 Å². The van der Waals surface area contributed by atoms with Crippen molar-refractivity contribution in [2.45, 2.75) is 0 Å². The fourth-order valence-electron chi connectivity index (χ4n) is 1.73. The monoisotopic (exact) mass is 321 g/mol. The van der Waals surface area contributed by atoms with Gasteiger partial charge in [0.2, 0.25) is 0 Å². The van der Waals surface area contributed by atoms with E-state index in [0.29, 0.717) is 17.4 Å². The lowest BCUT2D eigenvalue weighted by molar-refractivity contribution is -0.118. The number of benzene rings is 2. The average Bonchev–Trinajstić information content (AvgIpc) is 2.55. The molecule has 0 radical (unpaired) electrons. The number of halogens is 2. The van der Waals surface area contributed by atoms with E-state index >= 15 is 0 Å². The van der Waals surface area contributed by atoms with Gasteiger partial charge in [-0.25, -0.2) is 13.6 Å². The van der Waals surface area contributed by atoms with Crippen LogP contribution in [0, 0.1) is 11.6 Å². The lowest BCUT2D eigenvalue weighted by Gasteiger charge is -2.08. The maximum absolute atomic E-state index is 13.4. The molecule has 1 amide bonds. The lowest BCUT2D eigenvalue weighted by Crippen LogP contribution is -2.20. The second kappa shape index (κ2) is 7.35. The van der Waals surface area contributed by atoms with Gasteiger partial charge in [-0.2, -0.15) is 0 Å². The third-order valence-electron chi connectivity index (χ3n) is 2.85. The average molecular weight is 321 g/mol. The summed E-state index contributed by atoms with van der Waals surface area (Å²) in [7, 11) is 1.27. The first-order valence-corrected chi connectivity index (χ1v) is 6.55. The molecule has 0 aliphatic carbocycles. The highest BCUT2D eigenvalue weighted by molar-refractivity contribution is 5.92. The summed E-state index contributed by atoms with van der Waals surface area (Å²) in [5.41, 5.74) is 0.207. The lowest BCUT2D eigenvalue weighted by atomic mass is 10.2. The minimum absolute atomic E-state index is 0.138. The normalized spacial score (nSPS) is 10.0. The minimum atomic E-state index is -0.874. The molecule has 0 saturated carbocycles. The first-order chi connectivity index (χ1) is 11.0. The molecule has 2 aromatic carbocycles. The Kier molecular flexibility index (Phi) is 5.24. The maximum atomic E-state index is 13.4. The highest BCUT2D eigenvalue weighted by Crippen LogP contribution is 2.16. The molecule has 120 valence electrons. The molecule has 0 fully saturated rings. The Labute approximate surface area is 130 Å². The Morgan fingerprint density at radius 3 is 2.39 bits per heavy atom. The zero-order valence-corrected chi connectivity index (χ0v) is 12.1. The van der Waals surface area contributed by atoms with E-state index in [-0.39, 0.29) is 12.3 Å². The molecule has 0 heterocycles. The Morgan fingerprint density at radius 1 is 1.09 bits per heavy atom. The van der Waals surface area contributed by atoms with Crippen LogP contribution in [0.1, 0.15) is 10.4 Å². The zero-order valence-electron chi connectivity index (χ0n) is 12.1.